The molecule has 7 heteroatoms. The van der Waals surface area contributed by atoms with Gasteiger partial charge in [-0.2, -0.15) is 0 Å². The van der Waals surface area contributed by atoms with E-state index < -0.39 is 0 Å². The molecule has 0 spiro atoms. The molecule has 1 aromatic carbocycles. The maximum absolute atomic E-state index is 13.8. The van der Waals surface area contributed by atoms with Crippen molar-refractivity contribution in [2.24, 2.45) is 4.99 Å². The Morgan fingerprint density at radius 1 is 1.35 bits per heavy atom. The van der Waals surface area contributed by atoms with Gasteiger partial charge in [0.15, 0.2) is 5.96 Å². The molecule has 5 nitrogen and oxygen atoms in total. The van der Waals surface area contributed by atoms with E-state index in [0.29, 0.717) is 18.1 Å². The highest BCUT2D eigenvalue weighted by Crippen LogP contribution is 2.14. The predicted octanol–water partition coefficient (Wildman–Crippen LogP) is 2.22. The number of methoxy groups -OCH3 is 1. The third-order valence-electron chi connectivity index (χ3n) is 3.36. The van der Waals surface area contributed by atoms with Crippen molar-refractivity contribution < 1.29 is 9.13 Å². The average molecular weight is 389 g/mol. The molecule has 2 N–H and O–H groups in total. The Morgan fingerprint density at radius 3 is 2.78 bits per heavy atom. The first-order valence-corrected chi connectivity index (χ1v) is 8.42. The zero-order valence-electron chi connectivity index (χ0n) is 14.0. The van der Waals surface area contributed by atoms with Gasteiger partial charge in [-0.3, -0.25) is 4.99 Å². The lowest BCUT2D eigenvalue weighted by atomic mass is 10.2. The highest BCUT2D eigenvalue weighted by atomic mass is 79.9. The molecule has 1 aromatic rings. The number of benzene rings is 1. The van der Waals surface area contributed by atoms with Crippen molar-refractivity contribution in [1.82, 2.24) is 15.5 Å². The largest absolute Gasteiger partial charge is 0.385 e. The minimum atomic E-state index is -0.236. The van der Waals surface area contributed by atoms with E-state index in [1.165, 1.54) is 6.07 Å². The van der Waals surface area contributed by atoms with Crippen molar-refractivity contribution in [3.8, 4) is 0 Å². The van der Waals surface area contributed by atoms with Crippen molar-refractivity contribution in [1.29, 1.82) is 0 Å². The minimum absolute atomic E-state index is 0.236. The Labute approximate surface area is 146 Å². The molecule has 0 heterocycles. The van der Waals surface area contributed by atoms with Gasteiger partial charge < -0.3 is 20.3 Å². The summed E-state index contributed by atoms with van der Waals surface area (Å²) >= 11 is 3.25. The SMILES string of the molecule is CN=C(NCCN(C)CCCOC)NCc1ccc(Br)cc1F. The van der Waals surface area contributed by atoms with Crippen LogP contribution < -0.4 is 10.6 Å². The van der Waals surface area contributed by atoms with Gasteiger partial charge in [-0.1, -0.05) is 22.0 Å². The van der Waals surface area contributed by atoms with Crippen LogP contribution in [0.15, 0.2) is 27.7 Å². The number of aliphatic imine (C=N–C) groups is 1. The molecule has 0 unspecified atom stereocenters. The molecule has 0 atom stereocenters. The van der Waals surface area contributed by atoms with Crippen LogP contribution in [0.4, 0.5) is 4.39 Å². The van der Waals surface area contributed by atoms with Gasteiger partial charge in [0.2, 0.25) is 0 Å². The topological polar surface area (TPSA) is 48.9 Å². The first-order valence-electron chi connectivity index (χ1n) is 7.62. The van der Waals surface area contributed by atoms with Gasteiger partial charge in [0.05, 0.1) is 0 Å². The highest BCUT2D eigenvalue weighted by molar-refractivity contribution is 9.10. The average Bonchev–Trinajstić information content (AvgIpc) is 2.52. The molecule has 0 aliphatic heterocycles. The summed E-state index contributed by atoms with van der Waals surface area (Å²) in [6.07, 6.45) is 1.02. The van der Waals surface area contributed by atoms with Crippen LogP contribution in [0.2, 0.25) is 0 Å². The van der Waals surface area contributed by atoms with E-state index in [0.717, 1.165) is 37.1 Å². The molecule has 23 heavy (non-hydrogen) atoms. The monoisotopic (exact) mass is 388 g/mol. The number of rotatable bonds is 9. The Bertz CT molecular complexity index is 499. The number of nitrogens with zero attached hydrogens (tertiary/aromatic N) is 2. The van der Waals surface area contributed by atoms with Crippen LogP contribution >= 0.6 is 15.9 Å². The molecule has 0 saturated carbocycles. The summed E-state index contributed by atoms with van der Waals surface area (Å²) in [5.74, 6) is 0.429. The number of guanidine groups is 1. The molecule has 0 aliphatic carbocycles. The Kier molecular flexibility index (Phi) is 9.82. The van der Waals surface area contributed by atoms with E-state index in [1.807, 2.05) is 6.07 Å². The number of nitrogens with one attached hydrogen (secondary N) is 2. The van der Waals surface area contributed by atoms with E-state index in [-0.39, 0.29) is 5.82 Å². The third kappa shape index (κ3) is 8.29. The molecule has 0 aliphatic rings. The molecule has 0 aromatic heterocycles. The van der Waals surface area contributed by atoms with Gasteiger partial charge in [0.25, 0.3) is 0 Å². The van der Waals surface area contributed by atoms with Crippen LogP contribution in [-0.2, 0) is 11.3 Å². The van der Waals surface area contributed by atoms with Crippen molar-refractivity contribution in [3.63, 3.8) is 0 Å². The minimum Gasteiger partial charge on any atom is -0.385 e. The Morgan fingerprint density at radius 2 is 2.13 bits per heavy atom. The fourth-order valence-electron chi connectivity index (χ4n) is 2.02. The number of halogens is 2. The summed E-state index contributed by atoms with van der Waals surface area (Å²) in [6, 6.07) is 5.04. The van der Waals surface area contributed by atoms with E-state index in [2.05, 4.69) is 43.5 Å². The molecule has 130 valence electrons. The van der Waals surface area contributed by atoms with Crippen molar-refractivity contribution >= 4 is 21.9 Å². The summed E-state index contributed by atoms with van der Waals surface area (Å²) < 4.78 is 19.5. The second-order valence-corrected chi connectivity index (χ2v) is 6.15. The van der Waals surface area contributed by atoms with Gasteiger partial charge in [0, 0.05) is 57.0 Å². The molecule has 0 fully saturated rings. The second-order valence-electron chi connectivity index (χ2n) is 5.24. The van der Waals surface area contributed by atoms with E-state index >= 15 is 0 Å². The van der Waals surface area contributed by atoms with Gasteiger partial charge in [-0.15, -0.1) is 0 Å². The molecular weight excluding hydrogens is 363 g/mol. The first kappa shape index (κ1) is 19.9. The van der Waals surface area contributed by atoms with Crippen LogP contribution in [-0.4, -0.2) is 58.3 Å². The Hall–Kier alpha value is -1.18. The summed E-state index contributed by atoms with van der Waals surface area (Å²) in [5, 5.41) is 6.34. The second kappa shape index (κ2) is 11.4. The van der Waals surface area contributed by atoms with Crippen LogP contribution in [0.5, 0.6) is 0 Å². The quantitative estimate of drug-likeness (QED) is 0.386. The van der Waals surface area contributed by atoms with Crippen LogP contribution in [0, 0.1) is 5.82 Å². The van der Waals surface area contributed by atoms with Gasteiger partial charge in [0.1, 0.15) is 5.82 Å². The van der Waals surface area contributed by atoms with E-state index in [9.17, 15) is 4.39 Å². The van der Waals surface area contributed by atoms with Crippen LogP contribution in [0.25, 0.3) is 0 Å². The van der Waals surface area contributed by atoms with Crippen molar-refractivity contribution in [3.05, 3.63) is 34.1 Å². The summed E-state index contributed by atoms with van der Waals surface area (Å²) in [6.45, 7) is 3.83. The predicted molar refractivity (Wildman–Crippen MR) is 96.3 cm³/mol. The summed E-state index contributed by atoms with van der Waals surface area (Å²) in [7, 11) is 5.49. The van der Waals surface area contributed by atoms with Gasteiger partial charge in [-0.25, -0.2) is 4.39 Å². The zero-order chi connectivity index (χ0) is 17.1. The zero-order valence-corrected chi connectivity index (χ0v) is 15.6. The normalized spacial score (nSPS) is 11.8. The maximum Gasteiger partial charge on any atom is 0.191 e. The molecule has 1 rings (SSSR count). The maximum atomic E-state index is 13.8. The molecule has 0 amide bonds. The van der Waals surface area contributed by atoms with Crippen LogP contribution in [0.1, 0.15) is 12.0 Å². The fraction of sp³-hybridized carbons (Fsp3) is 0.562. The van der Waals surface area contributed by atoms with Gasteiger partial charge >= 0.3 is 0 Å². The fourth-order valence-corrected chi connectivity index (χ4v) is 2.35. The number of likely N-dealkylation sites (N-methyl/N-ethyl adjacent to an activating group) is 1. The molecule has 0 saturated heterocycles. The number of hydrogen-bond donors (Lipinski definition) is 2. The Balaban J connectivity index is 2.29. The van der Waals surface area contributed by atoms with E-state index in [1.54, 1.807) is 20.2 Å². The van der Waals surface area contributed by atoms with Crippen LogP contribution in [0.3, 0.4) is 0 Å². The number of ether oxygens (including phenoxy) is 1. The standard InChI is InChI=1S/C16H26BrFN4O/c1-19-16(20-7-9-22(2)8-4-10-23-3)21-12-13-5-6-14(17)11-15(13)18/h5-6,11H,4,7-10,12H2,1-3H3,(H2,19,20,21). The lowest BCUT2D eigenvalue weighted by Crippen LogP contribution is -2.40. The molecule has 0 bridgehead atoms. The molecular formula is C16H26BrFN4O. The summed E-state index contributed by atoms with van der Waals surface area (Å²) in [4.78, 5) is 6.38. The van der Waals surface area contributed by atoms with Crippen molar-refractivity contribution in [2.45, 2.75) is 13.0 Å². The lowest BCUT2D eigenvalue weighted by Gasteiger charge is -2.18. The van der Waals surface area contributed by atoms with Gasteiger partial charge in [-0.05, 0) is 25.6 Å². The first-order chi connectivity index (χ1) is 11.1. The highest BCUT2D eigenvalue weighted by Gasteiger charge is 2.04. The number of hydrogen-bond acceptors (Lipinski definition) is 3. The van der Waals surface area contributed by atoms with E-state index in [4.69, 9.17) is 4.74 Å². The lowest BCUT2D eigenvalue weighted by molar-refractivity contribution is 0.180. The summed E-state index contributed by atoms with van der Waals surface area (Å²) in [5.41, 5.74) is 0.604. The van der Waals surface area contributed by atoms with Crippen molar-refractivity contribution in [2.75, 3.05) is 47.4 Å². The smallest absolute Gasteiger partial charge is 0.191 e. The molecule has 0 radical (unpaired) electrons. The third-order valence-corrected chi connectivity index (χ3v) is 3.85.